The summed E-state index contributed by atoms with van der Waals surface area (Å²) in [6.07, 6.45) is 3.17. The van der Waals surface area contributed by atoms with E-state index in [4.69, 9.17) is 19.9 Å². The maximum absolute atomic E-state index is 12.3. The number of nitrogen functional groups attached to an aromatic ring is 1. The van der Waals surface area contributed by atoms with Gasteiger partial charge in [0.25, 0.3) is 0 Å². The van der Waals surface area contributed by atoms with Crippen LogP contribution in [-0.4, -0.2) is 41.3 Å². The van der Waals surface area contributed by atoms with E-state index in [1.807, 2.05) is 13.0 Å². The number of aromatic nitrogens is 3. The van der Waals surface area contributed by atoms with Gasteiger partial charge in [-0.05, 0) is 12.5 Å². The van der Waals surface area contributed by atoms with E-state index in [1.165, 1.54) is 6.33 Å². The molecule has 8 heteroatoms. The largest absolute Gasteiger partial charge is 0.493 e. The highest BCUT2D eigenvalue weighted by Gasteiger charge is 2.20. The first kappa shape index (κ1) is 17.8. The third-order valence-electron chi connectivity index (χ3n) is 4.22. The van der Waals surface area contributed by atoms with Gasteiger partial charge in [0.15, 0.2) is 11.5 Å². The third-order valence-corrected chi connectivity index (χ3v) is 4.22. The average molecular weight is 358 g/mol. The Balaban J connectivity index is 2.16. The Bertz CT molecular complexity index is 951. The maximum atomic E-state index is 12.3. The predicted octanol–water partition coefficient (Wildman–Crippen LogP) is 2.53. The van der Waals surface area contributed by atoms with Crippen molar-refractivity contribution in [3.8, 4) is 11.5 Å². The van der Waals surface area contributed by atoms with E-state index < -0.39 is 0 Å². The first-order chi connectivity index (χ1) is 12.6. The summed E-state index contributed by atoms with van der Waals surface area (Å²) in [5, 5.41) is 1.46. The molecule has 2 aromatic heterocycles. The van der Waals surface area contributed by atoms with Gasteiger partial charge in [-0.1, -0.05) is 13.3 Å². The van der Waals surface area contributed by atoms with E-state index in [-0.39, 0.29) is 12.5 Å². The van der Waals surface area contributed by atoms with Crippen molar-refractivity contribution in [3.63, 3.8) is 0 Å². The number of hydrogen-bond acceptors (Lipinski definition) is 7. The van der Waals surface area contributed by atoms with Crippen molar-refractivity contribution < 1.29 is 19.0 Å². The summed E-state index contributed by atoms with van der Waals surface area (Å²) >= 11 is 0. The molecule has 0 aliphatic carbocycles. The molecule has 8 nitrogen and oxygen atoms in total. The van der Waals surface area contributed by atoms with Crippen LogP contribution in [0, 0.1) is 0 Å². The average Bonchev–Trinajstić information content (AvgIpc) is 2.95. The van der Waals surface area contributed by atoms with Crippen LogP contribution in [0.4, 0.5) is 5.82 Å². The highest BCUT2D eigenvalue weighted by atomic mass is 16.5. The van der Waals surface area contributed by atoms with Crippen molar-refractivity contribution in [2.75, 3.05) is 26.6 Å². The molecule has 3 rings (SSSR count). The molecule has 0 saturated carbocycles. The lowest BCUT2D eigenvalue weighted by molar-refractivity contribution is -0.144. The summed E-state index contributed by atoms with van der Waals surface area (Å²) < 4.78 is 17.8. The molecule has 1 aromatic carbocycles. The second-order valence-corrected chi connectivity index (χ2v) is 5.84. The van der Waals surface area contributed by atoms with Crippen LogP contribution in [-0.2, 0) is 16.1 Å². The Morgan fingerprint density at radius 3 is 2.62 bits per heavy atom. The van der Waals surface area contributed by atoms with Gasteiger partial charge in [-0.3, -0.25) is 4.79 Å². The van der Waals surface area contributed by atoms with Gasteiger partial charge in [0.2, 0.25) is 0 Å². The van der Waals surface area contributed by atoms with Gasteiger partial charge in [-0.15, -0.1) is 0 Å². The van der Waals surface area contributed by atoms with Gasteiger partial charge in [0.1, 0.15) is 24.3 Å². The number of carbonyl (C=O) groups excluding carboxylic acids is 1. The number of anilines is 1. The number of methoxy groups -OCH3 is 2. The lowest BCUT2D eigenvalue weighted by Crippen LogP contribution is -2.14. The molecule has 2 N–H and O–H groups in total. The Hall–Kier alpha value is -3.03. The molecule has 0 spiro atoms. The van der Waals surface area contributed by atoms with Crippen molar-refractivity contribution in [1.29, 1.82) is 0 Å². The van der Waals surface area contributed by atoms with Gasteiger partial charge in [-0.25, -0.2) is 9.97 Å². The fraction of sp³-hybridized carbons (Fsp3) is 0.389. The normalized spacial score (nSPS) is 11.0. The molecule has 26 heavy (non-hydrogen) atoms. The topological polar surface area (TPSA) is 101 Å². The number of fused-ring (bicyclic) bond motifs is 3. The highest BCUT2D eigenvalue weighted by Crippen LogP contribution is 2.38. The number of nitrogens with two attached hydrogens (primary N) is 1. The molecule has 2 heterocycles. The highest BCUT2D eigenvalue weighted by molar-refractivity contribution is 6.12. The third kappa shape index (κ3) is 3.10. The maximum Gasteiger partial charge on any atom is 0.326 e. The predicted molar refractivity (Wildman–Crippen MR) is 98.4 cm³/mol. The van der Waals surface area contributed by atoms with E-state index in [9.17, 15) is 4.79 Å². The van der Waals surface area contributed by atoms with Crippen LogP contribution in [0.3, 0.4) is 0 Å². The molecule has 0 fully saturated rings. The van der Waals surface area contributed by atoms with Crippen LogP contribution in [0.1, 0.15) is 19.8 Å². The minimum Gasteiger partial charge on any atom is -0.493 e. The lowest BCUT2D eigenvalue weighted by atomic mass is 10.2. The van der Waals surface area contributed by atoms with Gasteiger partial charge in [0, 0.05) is 11.5 Å². The molecule has 0 unspecified atom stereocenters. The SMILES string of the molecule is CCCCOC(=O)Cn1c2cc(OC)c(OC)cc2c2c(N)ncnc21. The quantitative estimate of drug-likeness (QED) is 0.511. The standard InChI is InChI=1S/C18H22N4O4/c1-4-5-6-26-15(23)9-22-12-8-14(25-3)13(24-2)7-11(12)16-17(19)20-10-21-18(16)22/h7-8,10H,4-6,9H2,1-3H3,(H2,19,20,21). The van der Waals surface area contributed by atoms with Crippen LogP contribution < -0.4 is 15.2 Å². The van der Waals surface area contributed by atoms with Crippen LogP contribution >= 0.6 is 0 Å². The number of esters is 1. The first-order valence-electron chi connectivity index (χ1n) is 8.40. The van der Waals surface area contributed by atoms with Gasteiger partial charge < -0.3 is 24.5 Å². The Kier molecular flexibility index (Phi) is 5.11. The molecular formula is C18H22N4O4. The number of hydrogen-bond donors (Lipinski definition) is 1. The van der Waals surface area contributed by atoms with Crippen molar-refractivity contribution in [2.45, 2.75) is 26.3 Å². The second kappa shape index (κ2) is 7.47. The number of nitrogens with zero attached hydrogens (tertiary/aromatic N) is 3. The summed E-state index contributed by atoms with van der Waals surface area (Å²) in [6, 6.07) is 3.61. The summed E-state index contributed by atoms with van der Waals surface area (Å²) in [4.78, 5) is 20.7. The molecule has 0 amide bonds. The number of ether oxygens (including phenoxy) is 3. The summed E-state index contributed by atoms with van der Waals surface area (Å²) in [5.74, 6) is 1.12. The van der Waals surface area contributed by atoms with E-state index in [2.05, 4.69) is 9.97 Å². The molecule has 0 radical (unpaired) electrons. The fourth-order valence-electron chi connectivity index (χ4n) is 2.92. The van der Waals surface area contributed by atoms with Gasteiger partial charge in [0.05, 0.1) is 31.7 Å². The van der Waals surface area contributed by atoms with Crippen molar-refractivity contribution in [2.24, 2.45) is 0 Å². The fourth-order valence-corrected chi connectivity index (χ4v) is 2.92. The number of rotatable bonds is 7. The molecular weight excluding hydrogens is 336 g/mol. The van der Waals surface area contributed by atoms with Gasteiger partial charge in [-0.2, -0.15) is 0 Å². The molecule has 138 valence electrons. The van der Waals surface area contributed by atoms with Crippen molar-refractivity contribution in [1.82, 2.24) is 14.5 Å². The zero-order valence-corrected chi connectivity index (χ0v) is 15.1. The number of carbonyl (C=O) groups is 1. The van der Waals surface area contributed by atoms with Gasteiger partial charge >= 0.3 is 5.97 Å². The van der Waals surface area contributed by atoms with E-state index in [1.54, 1.807) is 24.9 Å². The minimum atomic E-state index is -0.329. The smallest absolute Gasteiger partial charge is 0.326 e. The zero-order valence-electron chi connectivity index (χ0n) is 15.1. The second-order valence-electron chi connectivity index (χ2n) is 5.84. The summed E-state index contributed by atoms with van der Waals surface area (Å²) in [7, 11) is 3.12. The Morgan fingerprint density at radius 1 is 1.19 bits per heavy atom. The summed E-state index contributed by atoms with van der Waals surface area (Å²) in [6.45, 7) is 2.47. The van der Waals surface area contributed by atoms with Crippen molar-refractivity contribution in [3.05, 3.63) is 18.5 Å². The minimum absolute atomic E-state index is 0.0235. The molecule has 0 aliphatic heterocycles. The van der Waals surface area contributed by atoms with E-state index in [0.29, 0.717) is 35.0 Å². The number of benzene rings is 1. The Labute approximate surface area is 150 Å². The molecule has 0 atom stereocenters. The zero-order chi connectivity index (χ0) is 18.7. The van der Waals surface area contributed by atoms with E-state index in [0.717, 1.165) is 23.7 Å². The van der Waals surface area contributed by atoms with Crippen molar-refractivity contribution >= 4 is 33.7 Å². The molecule has 3 aromatic rings. The summed E-state index contributed by atoms with van der Waals surface area (Å²) in [5.41, 5.74) is 7.39. The Morgan fingerprint density at radius 2 is 1.92 bits per heavy atom. The first-order valence-corrected chi connectivity index (χ1v) is 8.40. The molecule has 0 bridgehead atoms. The monoisotopic (exact) mass is 358 g/mol. The van der Waals surface area contributed by atoms with E-state index >= 15 is 0 Å². The van der Waals surface area contributed by atoms with Crippen LogP contribution in [0.15, 0.2) is 18.5 Å². The van der Waals surface area contributed by atoms with Crippen LogP contribution in [0.5, 0.6) is 11.5 Å². The lowest BCUT2D eigenvalue weighted by Gasteiger charge is -2.10. The number of unbranched alkanes of at least 4 members (excludes halogenated alkanes) is 1. The molecule has 0 saturated heterocycles. The van der Waals surface area contributed by atoms with Crippen LogP contribution in [0.25, 0.3) is 21.9 Å². The van der Waals surface area contributed by atoms with Crippen LogP contribution in [0.2, 0.25) is 0 Å². The molecule has 0 aliphatic rings.